The molecule has 0 N–H and O–H groups in total. The van der Waals surface area contributed by atoms with Gasteiger partial charge in [0.05, 0.1) is 15.9 Å². The molecule has 1 fully saturated rings. The van der Waals surface area contributed by atoms with Gasteiger partial charge < -0.3 is 0 Å². The molecule has 0 aliphatic heterocycles. The Hall–Kier alpha value is -2.21. The van der Waals surface area contributed by atoms with Crippen molar-refractivity contribution in [1.29, 1.82) is 0 Å². The number of aromatic nitrogens is 2. The van der Waals surface area contributed by atoms with E-state index in [1.165, 1.54) is 73.5 Å². The van der Waals surface area contributed by atoms with E-state index in [0.29, 0.717) is 23.2 Å². The molecule has 32 heavy (non-hydrogen) atoms. The number of fused-ring (bicyclic) bond motifs is 1. The van der Waals surface area contributed by atoms with E-state index >= 15 is 0 Å². The van der Waals surface area contributed by atoms with Crippen molar-refractivity contribution in [3.05, 3.63) is 59.7 Å². The lowest BCUT2D eigenvalue weighted by atomic mass is 9.83. The van der Waals surface area contributed by atoms with Crippen molar-refractivity contribution in [3.63, 3.8) is 0 Å². The second-order valence-corrected chi connectivity index (χ2v) is 11.2. The number of benzene rings is 2. The van der Waals surface area contributed by atoms with Crippen molar-refractivity contribution < 1.29 is 12.8 Å². The quantitative estimate of drug-likeness (QED) is 0.442. The summed E-state index contributed by atoms with van der Waals surface area (Å²) in [6, 6.07) is 10.9. The third-order valence-electron chi connectivity index (χ3n) is 6.77. The average Bonchev–Trinajstić information content (AvgIpc) is 3.10. The lowest BCUT2D eigenvalue weighted by Crippen LogP contribution is -2.15. The Kier molecular flexibility index (Phi) is 6.99. The number of para-hydroxylation sites is 1. The van der Waals surface area contributed by atoms with Gasteiger partial charge in [0.15, 0.2) is 0 Å². The molecule has 1 aliphatic carbocycles. The van der Waals surface area contributed by atoms with Gasteiger partial charge in [-0.15, -0.1) is 0 Å². The first kappa shape index (κ1) is 23.0. The molecule has 4 nitrogen and oxygen atoms in total. The molecule has 2 unspecified atom stereocenters. The number of imidazole rings is 1. The van der Waals surface area contributed by atoms with E-state index in [-0.39, 0.29) is 4.90 Å². The highest BCUT2D eigenvalue weighted by molar-refractivity contribution is 7.90. The second kappa shape index (κ2) is 9.74. The van der Waals surface area contributed by atoms with Gasteiger partial charge in [0.1, 0.15) is 11.6 Å². The first-order valence-electron chi connectivity index (χ1n) is 11.8. The van der Waals surface area contributed by atoms with E-state index in [2.05, 4.69) is 18.0 Å². The minimum atomic E-state index is -3.94. The molecule has 0 radical (unpaired) electrons. The van der Waals surface area contributed by atoms with Crippen LogP contribution in [0.4, 0.5) is 4.39 Å². The summed E-state index contributed by atoms with van der Waals surface area (Å²) in [6.07, 6.45) is 11.2. The van der Waals surface area contributed by atoms with Crippen LogP contribution in [-0.4, -0.2) is 17.4 Å². The smallest absolute Gasteiger partial charge is 0.232 e. The molecule has 3 aromatic rings. The van der Waals surface area contributed by atoms with Crippen LogP contribution >= 0.6 is 0 Å². The predicted octanol–water partition coefficient (Wildman–Crippen LogP) is 6.65. The summed E-state index contributed by atoms with van der Waals surface area (Å²) in [5, 5.41) is 0. The van der Waals surface area contributed by atoms with Gasteiger partial charge in [0.2, 0.25) is 0 Å². The maximum Gasteiger partial charge on any atom is 0.269 e. The second-order valence-electron chi connectivity index (χ2n) is 9.43. The normalized spacial score (nSPS) is 21.0. The van der Waals surface area contributed by atoms with Gasteiger partial charge in [0.25, 0.3) is 10.0 Å². The molecule has 1 heterocycles. The van der Waals surface area contributed by atoms with Crippen molar-refractivity contribution in [1.82, 2.24) is 8.96 Å². The van der Waals surface area contributed by atoms with Gasteiger partial charge in [-0.3, -0.25) is 0 Å². The Balaban J connectivity index is 1.69. The molecule has 4 rings (SSSR count). The largest absolute Gasteiger partial charge is 0.269 e. The molecular formula is C26H33FN2O2S. The Labute approximate surface area is 190 Å². The van der Waals surface area contributed by atoms with Gasteiger partial charge >= 0.3 is 0 Å². The van der Waals surface area contributed by atoms with Crippen molar-refractivity contribution in [2.45, 2.75) is 76.5 Å². The minimum absolute atomic E-state index is 0.0635. The van der Waals surface area contributed by atoms with Crippen molar-refractivity contribution in [2.75, 3.05) is 0 Å². The van der Waals surface area contributed by atoms with Crippen LogP contribution in [0.25, 0.3) is 11.0 Å². The molecule has 2 atom stereocenters. The summed E-state index contributed by atoms with van der Waals surface area (Å²) in [4.78, 5) is 4.61. The summed E-state index contributed by atoms with van der Waals surface area (Å²) in [5.41, 5.74) is 2.42. The highest BCUT2D eigenvalue weighted by Gasteiger charge is 2.25. The van der Waals surface area contributed by atoms with Gasteiger partial charge in [0, 0.05) is 0 Å². The fourth-order valence-electron chi connectivity index (χ4n) is 5.21. The van der Waals surface area contributed by atoms with Crippen molar-refractivity contribution in [2.24, 2.45) is 11.8 Å². The zero-order chi connectivity index (χ0) is 22.7. The summed E-state index contributed by atoms with van der Waals surface area (Å²) in [7, 11) is -3.94. The first-order chi connectivity index (χ1) is 15.4. The minimum Gasteiger partial charge on any atom is -0.232 e. The van der Waals surface area contributed by atoms with Gasteiger partial charge in [-0.1, -0.05) is 70.1 Å². The van der Waals surface area contributed by atoms with Gasteiger partial charge in [-0.05, 0) is 61.4 Å². The monoisotopic (exact) mass is 456 g/mol. The molecule has 1 aliphatic rings. The number of aryl methyl sites for hydroxylation is 1. The van der Waals surface area contributed by atoms with E-state index < -0.39 is 15.8 Å². The average molecular weight is 457 g/mol. The first-order valence-corrected chi connectivity index (χ1v) is 13.3. The van der Waals surface area contributed by atoms with E-state index in [4.69, 9.17) is 0 Å². The lowest BCUT2D eigenvalue weighted by molar-refractivity contribution is 0.324. The SMILES string of the molecule is Cc1nc2c(CC3CCCCCCCC(C)C3)cccc2n1S(=O)(=O)c1cccc(F)c1. The Morgan fingerprint density at radius 3 is 2.53 bits per heavy atom. The summed E-state index contributed by atoms with van der Waals surface area (Å²) in [6.45, 7) is 4.06. The molecule has 0 saturated heterocycles. The number of hydrogen-bond donors (Lipinski definition) is 0. The third-order valence-corrected chi connectivity index (χ3v) is 8.56. The summed E-state index contributed by atoms with van der Waals surface area (Å²) < 4.78 is 41.7. The summed E-state index contributed by atoms with van der Waals surface area (Å²) >= 11 is 0. The fraction of sp³-hybridized carbons (Fsp3) is 0.500. The van der Waals surface area contributed by atoms with Crippen LogP contribution < -0.4 is 0 Å². The predicted molar refractivity (Wildman–Crippen MR) is 127 cm³/mol. The third kappa shape index (κ3) is 4.90. The molecule has 172 valence electrons. The van der Waals surface area contributed by atoms with Crippen LogP contribution in [0, 0.1) is 24.6 Å². The van der Waals surface area contributed by atoms with E-state index in [1.54, 1.807) is 13.0 Å². The highest BCUT2D eigenvalue weighted by Crippen LogP contribution is 2.31. The van der Waals surface area contributed by atoms with Crippen LogP contribution in [0.2, 0.25) is 0 Å². The Bertz CT molecular complexity index is 1190. The molecule has 0 spiro atoms. The molecular weight excluding hydrogens is 423 g/mol. The maximum atomic E-state index is 13.7. The molecule has 1 saturated carbocycles. The van der Waals surface area contributed by atoms with Crippen molar-refractivity contribution in [3.8, 4) is 0 Å². The zero-order valence-electron chi connectivity index (χ0n) is 19.1. The lowest BCUT2D eigenvalue weighted by Gasteiger charge is -2.23. The molecule has 6 heteroatoms. The molecule has 0 bridgehead atoms. The number of rotatable bonds is 4. The Morgan fingerprint density at radius 1 is 1.03 bits per heavy atom. The summed E-state index contributed by atoms with van der Waals surface area (Å²) in [5.74, 6) is 1.12. The highest BCUT2D eigenvalue weighted by atomic mass is 32.2. The van der Waals surface area contributed by atoms with Gasteiger partial charge in [-0.25, -0.2) is 21.8 Å². The fourth-order valence-corrected chi connectivity index (χ4v) is 6.73. The topological polar surface area (TPSA) is 52.0 Å². The Morgan fingerprint density at radius 2 is 1.75 bits per heavy atom. The van der Waals surface area contributed by atoms with Crippen LogP contribution in [0.3, 0.4) is 0 Å². The van der Waals surface area contributed by atoms with E-state index in [0.717, 1.165) is 23.6 Å². The van der Waals surface area contributed by atoms with E-state index in [9.17, 15) is 12.8 Å². The van der Waals surface area contributed by atoms with Crippen LogP contribution in [-0.2, 0) is 16.4 Å². The standard InChI is InChI=1S/C26H33FN2O2S/c1-19-10-6-4-3-5-7-11-21(16-19)17-22-12-8-15-25-26(22)28-20(2)29(25)32(30,31)24-14-9-13-23(27)18-24/h8-9,12-15,18-19,21H,3-7,10-11,16-17H2,1-2H3. The van der Waals surface area contributed by atoms with Crippen LogP contribution in [0.1, 0.15) is 69.7 Å². The van der Waals surface area contributed by atoms with Crippen LogP contribution in [0.5, 0.6) is 0 Å². The molecule has 2 aromatic carbocycles. The molecule has 1 aromatic heterocycles. The van der Waals surface area contributed by atoms with Crippen molar-refractivity contribution >= 4 is 21.1 Å². The maximum absolute atomic E-state index is 13.7. The number of halogens is 1. The van der Waals surface area contributed by atoms with Gasteiger partial charge in [-0.2, -0.15) is 0 Å². The van der Waals surface area contributed by atoms with Crippen LogP contribution in [0.15, 0.2) is 47.4 Å². The molecule has 0 amide bonds. The van der Waals surface area contributed by atoms with E-state index in [1.807, 2.05) is 6.07 Å². The zero-order valence-corrected chi connectivity index (χ0v) is 19.9. The number of nitrogens with zero attached hydrogens (tertiary/aromatic N) is 2. The number of hydrogen-bond acceptors (Lipinski definition) is 3.